The van der Waals surface area contributed by atoms with Crippen molar-refractivity contribution < 1.29 is 4.79 Å². The van der Waals surface area contributed by atoms with E-state index in [1.165, 1.54) is 0 Å². The predicted molar refractivity (Wildman–Crippen MR) is 61.8 cm³/mol. The largest absolute Gasteiger partial charge is 0.342 e. The van der Waals surface area contributed by atoms with Gasteiger partial charge in [0.2, 0.25) is 5.91 Å². The molecule has 0 bridgehead atoms. The van der Waals surface area contributed by atoms with Gasteiger partial charge in [-0.25, -0.2) is 0 Å². The molecule has 0 aromatic heterocycles. The Morgan fingerprint density at radius 2 is 2.13 bits per heavy atom. The number of hydrogen-bond donors (Lipinski definition) is 2. The third-order valence-electron chi connectivity index (χ3n) is 3.15. The smallest absolute Gasteiger partial charge is 0.236 e. The molecule has 1 unspecified atom stereocenters. The van der Waals surface area contributed by atoms with Crippen LogP contribution in [-0.4, -0.2) is 49.1 Å². The molecule has 0 aromatic rings. The predicted octanol–water partition coefficient (Wildman–Crippen LogP) is 0.196. The molecule has 0 radical (unpaired) electrons. The van der Waals surface area contributed by atoms with E-state index in [0.717, 1.165) is 32.6 Å². The van der Waals surface area contributed by atoms with Crippen molar-refractivity contribution in [3.63, 3.8) is 0 Å². The molecule has 0 spiro atoms. The van der Waals surface area contributed by atoms with Crippen LogP contribution in [0.25, 0.3) is 0 Å². The van der Waals surface area contributed by atoms with Gasteiger partial charge in [0.25, 0.3) is 0 Å². The molecule has 1 fully saturated rings. The van der Waals surface area contributed by atoms with Crippen LogP contribution in [0.15, 0.2) is 0 Å². The summed E-state index contributed by atoms with van der Waals surface area (Å²) in [4.78, 5) is 13.6. The van der Waals surface area contributed by atoms with Crippen molar-refractivity contribution in [2.75, 3.05) is 32.7 Å². The fourth-order valence-electron chi connectivity index (χ4n) is 1.94. The second-order valence-electron chi connectivity index (χ2n) is 4.41. The molecule has 1 aliphatic rings. The summed E-state index contributed by atoms with van der Waals surface area (Å²) in [5.74, 6) is 0.202. The second-order valence-corrected chi connectivity index (χ2v) is 4.41. The number of hydrogen-bond acceptors (Lipinski definition) is 3. The van der Waals surface area contributed by atoms with Crippen molar-refractivity contribution in [2.24, 2.45) is 0 Å². The monoisotopic (exact) mass is 213 g/mol. The molecule has 15 heavy (non-hydrogen) atoms. The van der Waals surface area contributed by atoms with Crippen molar-refractivity contribution in [1.29, 1.82) is 0 Å². The van der Waals surface area contributed by atoms with Crippen LogP contribution < -0.4 is 10.6 Å². The fourth-order valence-corrected chi connectivity index (χ4v) is 1.94. The van der Waals surface area contributed by atoms with Crippen LogP contribution in [0.1, 0.15) is 27.2 Å². The van der Waals surface area contributed by atoms with E-state index in [-0.39, 0.29) is 11.4 Å². The molecule has 1 heterocycles. The molecular formula is C11H23N3O. The van der Waals surface area contributed by atoms with E-state index in [1.54, 1.807) is 0 Å². The first-order valence-corrected chi connectivity index (χ1v) is 5.85. The topological polar surface area (TPSA) is 44.4 Å². The third-order valence-corrected chi connectivity index (χ3v) is 3.15. The van der Waals surface area contributed by atoms with E-state index in [4.69, 9.17) is 0 Å². The number of likely N-dealkylation sites (N-methyl/N-ethyl adjacent to an activating group) is 1. The van der Waals surface area contributed by atoms with E-state index in [2.05, 4.69) is 17.6 Å². The minimum absolute atomic E-state index is 0.100. The van der Waals surface area contributed by atoms with Gasteiger partial charge in [0.15, 0.2) is 0 Å². The lowest BCUT2D eigenvalue weighted by Gasteiger charge is -2.26. The van der Waals surface area contributed by atoms with Gasteiger partial charge in [-0.2, -0.15) is 0 Å². The summed E-state index contributed by atoms with van der Waals surface area (Å²) in [6, 6.07) is 0. The quantitative estimate of drug-likeness (QED) is 0.685. The fraction of sp³-hybridized carbons (Fsp3) is 0.909. The Labute approximate surface area is 92.4 Å². The number of nitrogens with one attached hydrogen (secondary N) is 2. The van der Waals surface area contributed by atoms with E-state index in [9.17, 15) is 4.79 Å². The molecule has 1 atom stereocenters. The third kappa shape index (κ3) is 3.47. The summed E-state index contributed by atoms with van der Waals surface area (Å²) in [6.45, 7) is 10.3. The summed E-state index contributed by atoms with van der Waals surface area (Å²) in [7, 11) is 0. The van der Waals surface area contributed by atoms with Gasteiger partial charge in [-0.05, 0) is 33.7 Å². The van der Waals surface area contributed by atoms with E-state index in [1.807, 2.05) is 18.7 Å². The maximum absolute atomic E-state index is 11.7. The van der Waals surface area contributed by atoms with Gasteiger partial charge in [-0.15, -0.1) is 0 Å². The van der Waals surface area contributed by atoms with Gasteiger partial charge >= 0.3 is 0 Å². The van der Waals surface area contributed by atoms with Gasteiger partial charge < -0.3 is 15.5 Å². The molecule has 1 amide bonds. The van der Waals surface area contributed by atoms with Gasteiger partial charge in [0, 0.05) is 25.2 Å². The number of carbonyl (C=O) groups is 1. The van der Waals surface area contributed by atoms with Crippen molar-refractivity contribution in [3.8, 4) is 0 Å². The molecule has 2 N–H and O–H groups in total. The molecule has 0 saturated carbocycles. The highest BCUT2D eigenvalue weighted by atomic mass is 16.2. The van der Waals surface area contributed by atoms with Gasteiger partial charge in [0.05, 0.1) is 6.54 Å². The van der Waals surface area contributed by atoms with Crippen LogP contribution in [-0.2, 0) is 4.79 Å². The summed E-state index contributed by atoms with van der Waals surface area (Å²) in [5, 5.41) is 6.66. The standard InChI is InChI=1S/C11H23N3O/c1-4-14(5-2)10(15)8-13-11(3)6-7-12-9-11/h12-13H,4-9H2,1-3H3. The SMILES string of the molecule is CCN(CC)C(=O)CNC1(C)CCNC1. The lowest BCUT2D eigenvalue weighted by atomic mass is 10.0. The van der Waals surface area contributed by atoms with Crippen LogP contribution in [0.5, 0.6) is 0 Å². The Morgan fingerprint density at radius 1 is 1.47 bits per heavy atom. The van der Waals surface area contributed by atoms with Crippen LogP contribution in [0.4, 0.5) is 0 Å². The molecule has 0 aromatic carbocycles. The van der Waals surface area contributed by atoms with Gasteiger partial charge in [-0.3, -0.25) is 4.79 Å². The Kier molecular flexibility index (Phi) is 4.54. The number of nitrogens with zero attached hydrogens (tertiary/aromatic N) is 1. The molecule has 88 valence electrons. The van der Waals surface area contributed by atoms with Gasteiger partial charge in [-0.1, -0.05) is 0 Å². The molecule has 4 heteroatoms. The zero-order chi connectivity index (χ0) is 11.3. The molecule has 4 nitrogen and oxygen atoms in total. The molecule has 1 rings (SSSR count). The van der Waals surface area contributed by atoms with Crippen molar-refractivity contribution in [1.82, 2.24) is 15.5 Å². The first-order chi connectivity index (χ1) is 7.11. The lowest BCUT2D eigenvalue weighted by molar-refractivity contribution is -0.130. The molecule has 1 saturated heterocycles. The molecular weight excluding hydrogens is 190 g/mol. The van der Waals surface area contributed by atoms with E-state index in [0.29, 0.717) is 6.54 Å². The Hall–Kier alpha value is -0.610. The minimum Gasteiger partial charge on any atom is -0.342 e. The summed E-state index contributed by atoms with van der Waals surface area (Å²) in [6.07, 6.45) is 1.10. The highest BCUT2D eigenvalue weighted by Crippen LogP contribution is 2.12. The summed E-state index contributed by atoms with van der Waals surface area (Å²) < 4.78 is 0. The van der Waals surface area contributed by atoms with E-state index >= 15 is 0 Å². The Bertz CT molecular complexity index is 208. The minimum atomic E-state index is 0.100. The second kappa shape index (κ2) is 5.47. The van der Waals surface area contributed by atoms with E-state index < -0.39 is 0 Å². The molecule has 0 aliphatic carbocycles. The number of amides is 1. The average Bonchev–Trinajstić information content (AvgIpc) is 2.65. The lowest BCUT2D eigenvalue weighted by Crippen LogP contribution is -2.49. The maximum Gasteiger partial charge on any atom is 0.236 e. The zero-order valence-electron chi connectivity index (χ0n) is 10.1. The van der Waals surface area contributed by atoms with Crippen molar-refractivity contribution >= 4 is 5.91 Å². The number of carbonyl (C=O) groups excluding carboxylic acids is 1. The zero-order valence-corrected chi connectivity index (χ0v) is 10.1. The first kappa shape index (κ1) is 12.5. The normalized spacial score (nSPS) is 25.5. The van der Waals surface area contributed by atoms with Crippen LogP contribution in [0.2, 0.25) is 0 Å². The first-order valence-electron chi connectivity index (χ1n) is 5.85. The van der Waals surface area contributed by atoms with Crippen molar-refractivity contribution in [2.45, 2.75) is 32.7 Å². The summed E-state index contributed by atoms with van der Waals surface area (Å²) >= 11 is 0. The van der Waals surface area contributed by atoms with Gasteiger partial charge in [0.1, 0.15) is 0 Å². The Balaban J connectivity index is 2.32. The maximum atomic E-state index is 11.7. The average molecular weight is 213 g/mol. The van der Waals surface area contributed by atoms with Crippen molar-refractivity contribution in [3.05, 3.63) is 0 Å². The highest BCUT2D eigenvalue weighted by molar-refractivity contribution is 5.78. The van der Waals surface area contributed by atoms with Crippen LogP contribution in [0.3, 0.4) is 0 Å². The molecule has 1 aliphatic heterocycles. The Morgan fingerprint density at radius 3 is 2.60 bits per heavy atom. The number of rotatable bonds is 5. The van der Waals surface area contributed by atoms with Crippen LogP contribution >= 0.6 is 0 Å². The van der Waals surface area contributed by atoms with Crippen LogP contribution in [0, 0.1) is 0 Å². The summed E-state index contributed by atoms with van der Waals surface area (Å²) in [5.41, 5.74) is 0.100. The highest BCUT2D eigenvalue weighted by Gasteiger charge is 2.28.